The Bertz CT molecular complexity index is 958. The molecule has 2 amide bonds. The molecule has 1 saturated heterocycles. The summed E-state index contributed by atoms with van der Waals surface area (Å²) in [6.45, 7) is 4.43. The molecule has 1 fully saturated rings. The first-order chi connectivity index (χ1) is 13.6. The van der Waals surface area contributed by atoms with Gasteiger partial charge in [-0.15, -0.1) is 11.3 Å². The van der Waals surface area contributed by atoms with Gasteiger partial charge in [0.25, 0.3) is 5.91 Å². The van der Waals surface area contributed by atoms with Crippen LogP contribution in [0.25, 0.3) is 10.6 Å². The molecule has 0 spiro atoms. The monoisotopic (exact) mass is 394 g/mol. The number of nitrogens with zero attached hydrogens (tertiary/aromatic N) is 4. The minimum atomic E-state index is -0.0223. The fraction of sp³-hybridized carbons (Fsp3) is 0.286. The van der Waals surface area contributed by atoms with Gasteiger partial charge in [0.1, 0.15) is 5.69 Å². The first kappa shape index (κ1) is 18.4. The molecular weight excluding hydrogens is 372 g/mol. The van der Waals surface area contributed by atoms with Crippen molar-refractivity contribution in [3.05, 3.63) is 65.2 Å². The van der Waals surface area contributed by atoms with Gasteiger partial charge in [-0.25, -0.2) is 0 Å². The first-order valence-corrected chi connectivity index (χ1v) is 10.2. The molecule has 0 N–H and O–H groups in total. The Morgan fingerprint density at radius 2 is 1.71 bits per heavy atom. The molecule has 0 bridgehead atoms. The zero-order chi connectivity index (χ0) is 19.5. The largest absolute Gasteiger partial charge is 0.339 e. The maximum Gasteiger partial charge on any atom is 0.257 e. The zero-order valence-corrected chi connectivity index (χ0v) is 16.6. The van der Waals surface area contributed by atoms with E-state index in [0.717, 1.165) is 16.1 Å². The van der Waals surface area contributed by atoms with Gasteiger partial charge in [-0.3, -0.25) is 14.3 Å². The molecule has 6 nitrogen and oxygen atoms in total. The average molecular weight is 395 g/mol. The highest BCUT2D eigenvalue weighted by atomic mass is 32.1. The van der Waals surface area contributed by atoms with Gasteiger partial charge in [0, 0.05) is 39.3 Å². The maximum absolute atomic E-state index is 13.2. The molecule has 1 aliphatic heterocycles. The third-order valence-electron chi connectivity index (χ3n) is 4.95. The molecule has 0 atom stereocenters. The summed E-state index contributed by atoms with van der Waals surface area (Å²) >= 11 is 1.58. The number of rotatable bonds is 4. The molecule has 0 radical (unpaired) electrons. The summed E-state index contributed by atoms with van der Waals surface area (Å²) in [7, 11) is 0. The maximum atomic E-state index is 13.2. The molecular formula is C21H22N4O2S. The van der Waals surface area contributed by atoms with E-state index in [1.807, 2.05) is 51.5 Å². The normalized spacial score (nSPS) is 14.3. The third-order valence-corrected chi connectivity index (χ3v) is 5.82. The van der Waals surface area contributed by atoms with Crippen molar-refractivity contribution in [2.45, 2.75) is 13.5 Å². The van der Waals surface area contributed by atoms with E-state index in [0.29, 0.717) is 38.3 Å². The van der Waals surface area contributed by atoms with Crippen molar-refractivity contribution < 1.29 is 9.59 Å². The molecule has 0 saturated carbocycles. The quantitative estimate of drug-likeness (QED) is 0.684. The minimum Gasteiger partial charge on any atom is -0.339 e. The van der Waals surface area contributed by atoms with Crippen LogP contribution in [0.3, 0.4) is 0 Å². The fourth-order valence-corrected chi connectivity index (χ4v) is 4.14. The summed E-state index contributed by atoms with van der Waals surface area (Å²) in [5, 5.41) is 6.71. The lowest BCUT2D eigenvalue weighted by molar-refractivity contribution is -0.130. The van der Waals surface area contributed by atoms with Crippen molar-refractivity contribution in [2.75, 3.05) is 26.2 Å². The van der Waals surface area contributed by atoms with Crippen molar-refractivity contribution in [3.8, 4) is 10.6 Å². The van der Waals surface area contributed by atoms with Crippen molar-refractivity contribution in [1.29, 1.82) is 0 Å². The van der Waals surface area contributed by atoms with Crippen LogP contribution in [0.5, 0.6) is 0 Å². The van der Waals surface area contributed by atoms with Gasteiger partial charge in [-0.2, -0.15) is 5.10 Å². The SMILES string of the molecule is CC(=O)N1CCN(C(=O)c2cn(Cc3ccccc3)nc2-c2cccs2)CC1. The molecule has 4 rings (SSSR count). The second kappa shape index (κ2) is 7.98. The number of carbonyl (C=O) groups is 2. The van der Waals surface area contributed by atoms with Gasteiger partial charge in [-0.05, 0) is 17.0 Å². The Balaban J connectivity index is 1.60. The summed E-state index contributed by atoms with van der Waals surface area (Å²) in [5.74, 6) is 0.0352. The molecule has 2 aromatic heterocycles. The number of aromatic nitrogens is 2. The predicted molar refractivity (Wildman–Crippen MR) is 109 cm³/mol. The van der Waals surface area contributed by atoms with E-state index in [9.17, 15) is 9.59 Å². The Morgan fingerprint density at radius 1 is 1.00 bits per heavy atom. The molecule has 0 unspecified atom stereocenters. The topological polar surface area (TPSA) is 58.4 Å². The summed E-state index contributed by atoms with van der Waals surface area (Å²) in [5.41, 5.74) is 2.48. The molecule has 0 aliphatic carbocycles. The molecule has 3 heterocycles. The lowest BCUT2D eigenvalue weighted by Crippen LogP contribution is -2.50. The van der Waals surface area contributed by atoms with Crippen LogP contribution in [0.1, 0.15) is 22.8 Å². The van der Waals surface area contributed by atoms with Gasteiger partial charge in [0.05, 0.1) is 17.0 Å². The number of thiophene rings is 1. The second-order valence-electron chi connectivity index (χ2n) is 6.85. The van der Waals surface area contributed by atoms with Crippen LogP contribution in [0.15, 0.2) is 54.0 Å². The number of benzene rings is 1. The van der Waals surface area contributed by atoms with Gasteiger partial charge in [0.2, 0.25) is 5.91 Å². The van der Waals surface area contributed by atoms with Crippen LogP contribution in [0, 0.1) is 0 Å². The van der Waals surface area contributed by atoms with Crippen LogP contribution in [-0.2, 0) is 11.3 Å². The Hall–Kier alpha value is -2.93. The Labute approximate surface area is 168 Å². The number of amides is 2. The summed E-state index contributed by atoms with van der Waals surface area (Å²) in [6, 6.07) is 14.0. The van der Waals surface area contributed by atoms with E-state index < -0.39 is 0 Å². The van der Waals surface area contributed by atoms with Crippen molar-refractivity contribution in [3.63, 3.8) is 0 Å². The molecule has 7 heteroatoms. The lowest BCUT2D eigenvalue weighted by Gasteiger charge is -2.34. The molecule has 144 valence electrons. The lowest BCUT2D eigenvalue weighted by atomic mass is 10.1. The van der Waals surface area contributed by atoms with Gasteiger partial charge >= 0.3 is 0 Å². The third kappa shape index (κ3) is 3.84. The molecule has 28 heavy (non-hydrogen) atoms. The van der Waals surface area contributed by atoms with Gasteiger partial charge < -0.3 is 9.80 Å². The highest BCUT2D eigenvalue weighted by Gasteiger charge is 2.27. The first-order valence-electron chi connectivity index (χ1n) is 9.32. The van der Waals surface area contributed by atoms with Gasteiger partial charge in [-0.1, -0.05) is 36.4 Å². The van der Waals surface area contributed by atoms with E-state index in [1.165, 1.54) is 0 Å². The number of carbonyl (C=O) groups excluding carboxylic acids is 2. The standard InChI is InChI=1S/C21H22N4O2S/c1-16(26)23-9-11-24(12-10-23)21(27)18-15-25(14-17-6-3-2-4-7-17)22-20(18)19-8-5-13-28-19/h2-8,13,15H,9-12,14H2,1H3. The van der Waals surface area contributed by atoms with Crippen LogP contribution in [-0.4, -0.2) is 57.6 Å². The van der Waals surface area contributed by atoms with Gasteiger partial charge in [0.15, 0.2) is 0 Å². The number of hydrogen-bond acceptors (Lipinski definition) is 4. The van der Waals surface area contributed by atoms with Crippen molar-refractivity contribution in [1.82, 2.24) is 19.6 Å². The summed E-state index contributed by atoms with van der Waals surface area (Å²) in [4.78, 5) is 29.4. The molecule has 3 aromatic rings. The summed E-state index contributed by atoms with van der Waals surface area (Å²) in [6.07, 6.45) is 1.85. The highest BCUT2D eigenvalue weighted by Crippen LogP contribution is 2.28. The van der Waals surface area contributed by atoms with E-state index in [2.05, 4.69) is 12.1 Å². The predicted octanol–water partition coefficient (Wildman–Crippen LogP) is 2.96. The zero-order valence-electron chi connectivity index (χ0n) is 15.7. The van der Waals surface area contributed by atoms with Crippen LogP contribution in [0.2, 0.25) is 0 Å². The average Bonchev–Trinajstić information content (AvgIpc) is 3.38. The van der Waals surface area contributed by atoms with Crippen LogP contribution >= 0.6 is 11.3 Å². The van der Waals surface area contributed by atoms with E-state index in [-0.39, 0.29) is 11.8 Å². The van der Waals surface area contributed by atoms with Crippen LogP contribution in [0.4, 0.5) is 0 Å². The van der Waals surface area contributed by atoms with E-state index in [4.69, 9.17) is 5.10 Å². The smallest absolute Gasteiger partial charge is 0.257 e. The Morgan fingerprint density at radius 3 is 2.36 bits per heavy atom. The Kier molecular flexibility index (Phi) is 5.25. The number of hydrogen-bond donors (Lipinski definition) is 0. The number of piperazine rings is 1. The molecule has 1 aromatic carbocycles. The minimum absolute atomic E-state index is 0.0223. The van der Waals surface area contributed by atoms with E-state index >= 15 is 0 Å². The second-order valence-corrected chi connectivity index (χ2v) is 7.80. The van der Waals surface area contributed by atoms with Crippen molar-refractivity contribution >= 4 is 23.2 Å². The fourth-order valence-electron chi connectivity index (χ4n) is 3.42. The van der Waals surface area contributed by atoms with Crippen LogP contribution < -0.4 is 0 Å². The summed E-state index contributed by atoms with van der Waals surface area (Å²) < 4.78 is 1.84. The van der Waals surface area contributed by atoms with E-state index in [1.54, 1.807) is 23.2 Å². The highest BCUT2D eigenvalue weighted by molar-refractivity contribution is 7.13. The van der Waals surface area contributed by atoms with Crippen molar-refractivity contribution in [2.24, 2.45) is 0 Å². The molecule has 1 aliphatic rings.